The van der Waals surface area contributed by atoms with Gasteiger partial charge >= 0.3 is 0 Å². The number of nitriles is 1. The van der Waals surface area contributed by atoms with Gasteiger partial charge in [-0.05, 0) is 24.3 Å². The van der Waals surface area contributed by atoms with Crippen molar-refractivity contribution in [3.05, 3.63) is 52.3 Å². The van der Waals surface area contributed by atoms with Gasteiger partial charge in [-0.3, -0.25) is 4.98 Å². The predicted octanol–water partition coefficient (Wildman–Crippen LogP) is 4.41. The van der Waals surface area contributed by atoms with E-state index in [1.807, 2.05) is 0 Å². The highest BCUT2D eigenvalue weighted by molar-refractivity contribution is 7.99. The van der Waals surface area contributed by atoms with Gasteiger partial charge in [0.1, 0.15) is 6.07 Å². The average molecular weight is 281 g/mol. The van der Waals surface area contributed by atoms with Crippen molar-refractivity contribution in [1.82, 2.24) is 4.98 Å². The fourth-order valence-corrected chi connectivity index (χ4v) is 2.62. The van der Waals surface area contributed by atoms with E-state index in [1.54, 1.807) is 36.7 Å². The van der Waals surface area contributed by atoms with E-state index in [1.165, 1.54) is 11.8 Å². The molecule has 0 bridgehead atoms. The summed E-state index contributed by atoms with van der Waals surface area (Å²) in [6, 6.07) is 9.00. The van der Waals surface area contributed by atoms with Crippen LogP contribution in [0.3, 0.4) is 0 Å². The molecule has 0 spiro atoms. The summed E-state index contributed by atoms with van der Waals surface area (Å²) in [6.07, 6.45) is 3.22. The summed E-state index contributed by atoms with van der Waals surface area (Å²) >= 11 is 13.3. The maximum absolute atomic E-state index is 8.97. The molecular weight excluding hydrogens is 275 g/mol. The van der Waals surface area contributed by atoms with Crippen LogP contribution in [-0.4, -0.2) is 4.98 Å². The highest BCUT2D eigenvalue weighted by Crippen LogP contribution is 2.35. The minimum absolute atomic E-state index is 0.570. The van der Waals surface area contributed by atoms with Crippen molar-refractivity contribution >= 4 is 35.0 Å². The Labute approximate surface area is 113 Å². The lowest BCUT2D eigenvalue weighted by molar-refractivity contribution is 1.21. The van der Waals surface area contributed by atoms with E-state index in [4.69, 9.17) is 28.5 Å². The molecule has 0 fully saturated rings. The van der Waals surface area contributed by atoms with Gasteiger partial charge in [-0.15, -0.1) is 0 Å². The first kappa shape index (κ1) is 12.3. The van der Waals surface area contributed by atoms with Crippen LogP contribution >= 0.6 is 35.0 Å². The van der Waals surface area contributed by atoms with Gasteiger partial charge < -0.3 is 0 Å². The normalized spacial score (nSPS) is 9.94. The average Bonchev–Trinajstić information content (AvgIpc) is 2.34. The SMILES string of the molecule is N#Cc1ccncc1Sc1cc(Cl)ccc1Cl. The molecule has 2 rings (SSSR count). The zero-order chi connectivity index (χ0) is 12.3. The molecule has 84 valence electrons. The summed E-state index contributed by atoms with van der Waals surface area (Å²) < 4.78 is 0. The van der Waals surface area contributed by atoms with E-state index in [0.29, 0.717) is 15.6 Å². The van der Waals surface area contributed by atoms with Crippen LogP contribution in [0.25, 0.3) is 0 Å². The molecule has 0 saturated carbocycles. The van der Waals surface area contributed by atoms with Crippen molar-refractivity contribution in [2.75, 3.05) is 0 Å². The molecule has 1 aromatic heterocycles. The third kappa shape index (κ3) is 2.92. The molecule has 0 atom stereocenters. The van der Waals surface area contributed by atoms with Crippen LogP contribution in [0, 0.1) is 11.3 Å². The Kier molecular flexibility index (Phi) is 3.90. The first-order valence-corrected chi connectivity index (χ1v) is 6.25. The number of hydrogen-bond acceptors (Lipinski definition) is 3. The number of benzene rings is 1. The third-order valence-corrected chi connectivity index (χ3v) is 3.80. The van der Waals surface area contributed by atoms with Crippen LogP contribution in [0.5, 0.6) is 0 Å². The van der Waals surface area contributed by atoms with Gasteiger partial charge in [0.15, 0.2) is 0 Å². The highest BCUT2D eigenvalue weighted by Gasteiger charge is 2.07. The number of aromatic nitrogens is 1. The van der Waals surface area contributed by atoms with Gasteiger partial charge in [0, 0.05) is 27.2 Å². The largest absolute Gasteiger partial charge is 0.263 e. The van der Waals surface area contributed by atoms with E-state index in [0.717, 1.165) is 9.79 Å². The topological polar surface area (TPSA) is 36.7 Å². The summed E-state index contributed by atoms with van der Waals surface area (Å²) in [5.74, 6) is 0. The van der Waals surface area contributed by atoms with Crippen molar-refractivity contribution < 1.29 is 0 Å². The third-order valence-electron chi connectivity index (χ3n) is 2.02. The van der Waals surface area contributed by atoms with Crippen LogP contribution in [-0.2, 0) is 0 Å². The lowest BCUT2D eigenvalue weighted by Crippen LogP contribution is -1.83. The molecule has 0 aliphatic rings. The summed E-state index contributed by atoms with van der Waals surface area (Å²) in [7, 11) is 0. The zero-order valence-electron chi connectivity index (χ0n) is 8.52. The van der Waals surface area contributed by atoms with E-state index in [9.17, 15) is 0 Å². The molecule has 2 aromatic rings. The second-order valence-electron chi connectivity index (χ2n) is 3.16. The van der Waals surface area contributed by atoms with Crippen molar-refractivity contribution in [2.45, 2.75) is 9.79 Å². The molecule has 1 aromatic carbocycles. The smallest absolute Gasteiger partial charge is 0.100 e. The molecule has 0 radical (unpaired) electrons. The number of hydrogen-bond donors (Lipinski definition) is 0. The standard InChI is InChI=1S/C12H6Cl2N2S/c13-9-1-2-10(14)11(5-9)17-12-7-16-4-3-8(12)6-15/h1-5,7H. The van der Waals surface area contributed by atoms with Crippen LogP contribution in [0.1, 0.15) is 5.56 Å². The first-order chi connectivity index (χ1) is 8.20. The lowest BCUT2D eigenvalue weighted by Gasteiger charge is -2.05. The van der Waals surface area contributed by atoms with Gasteiger partial charge in [-0.1, -0.05) is 35.0 Å². The Bertz CT molecular complexity index is 593. The molecule has 0 saturated heterocycles. The molecule has 0 N–H and O–H groups in total. The Hall–Kier alpha value is -1.21. The summed E-state index contributed by atoms with van der Waals surface area (Å²) in [6.45, 7) is 0. The van der Waals surface area contributed by atoms with E-state index >= 15 is 0 Å². The second kappa shape index (κ2) is 5.42. The fraction of sp³-hybridized carbons (Fsp3) is 0. The van der Waals surface area contributed by atoms with E-state index in [2.05, 4.69) is 11.1 Å². The van der Waals surface area contributed by atoms with E-state index in [-0.39, 0.29) is 0 Å². The van der Waals surface area contributed by atoms with Gasteiger partial charge in [-0.2, -0.15) is 5.26 Å². The molecule has 5 heteroatoms. The maximum atomic E-state index is 8.97. The van der Waals surface area contributed by atoms with Crippen LogP contribution in [0.15, 0.2) is 46.5 Å². The maximum Gasteiger partial charge on any atom is 0.100 e. The Morgan fingerprint density at radius 1 is 1.18 bits per heavy atom. The molecule has 2 nitrogen and oxygen atoms in total. The number of halogens is 2. The van der Waals surface area contributed by atoms with Gasteiger partial charge in [0.25, 0.3) is 0 Å². The Balaban J connectivity index is 2.38. The summed E-state index contributed by atoms with van der Waals surface area (Å²) in [4.78, 5) is 5.57. The van der Waals surface area contributed by atoms with Crippen molar-refractivity contribution in [1.29, 1.82) is 5.26 Å². The summed E-state index contributed by atoms with van der Waals surface area (Å²) in [5, 5.41) is 10.2. The minimum Gasteiger partial charge on any atom is -0.263 e. The second-order valence-corrected chi connectivity index (χ2v) is 5.09. The molecular formula is C12H6Cl2N2S. The molecule has 0 unspecified atom stereocenters. The molecule has 1 heterocycles. The minimum atomic E-state index is 0.570. The number of pyridine rings is 1. The lowest BCUT2D eigenvalue weighted by atomic mass is 10.3. The molecule has 17 heavy (non-hydrogen) atoms. The van der Waals surface area contributed by atoms with Gasteiger partial charge in [0.2, 0.25) is 0 Å². The molecule has 0 amide bonds. The summed E-state index contributed by atoms with van der Waals surface area (Å²) in [5.41, 5.74) is 0.570. The van der Waals surface area contributed by atoms with Crippen molar-refractivity contribution in [3.63, 3.8) is 0 Å². The Morgan fingerprint density at radius 3 is 2.76 bits per heavy atom. The van der Waals surface area contributed by atoms with Crippen LogP contribution in [0.2, 0.25) is 10.0 Å². The quantitative estimate of drug-likeness (QED) is 0.818. The number of rotatable bonds is 2. The highest BCUT2D eigenvalue weighted by atomic mass is 35.5. The molecule has 0 aliphatic heterocycles. The zero-order valence-corrected chi connectivity index (χ0v) is 10.9. The first-order valence-electron chi connectivity index (χ1n) is 4.67. The molecule has 0 aliphatic carbocycles. The van der Waals surface area contributed by atoms with Crippen LogP contribution in [0.4, 0.5) is 0 Å². The van der Waals surface area contributed by atoms with E-state index < -0.39 is 0 Å². The predicted molar refractivity (Wildman–Crippen MR) is 69.5 cm³/mol. The Morgan fingerprint density at radius 2 is 2.00 bits per heavy atom. The van der Waals surface area contributed by atoms with Crippen molar-refractivity contribution in [2.24, 2.45) is 0 Å². The monoisotopic (exact) mass is 280 g/mol. The van der Waals surface area contributed by atoms with Crippen LogP contribution < -0.4 is 0 Å². The number of nitrogens with zero attached hydrogens (tertiary/aromatic N) is 2. The van der Waals surface area contributed by atoms with Crippen molar-refractivity contribution in [3.8, 4) is 6.07 Å². The van der Waals surface area contributed by atoms with Gasteiger partial charge in [0.05, 0.1) is 10.6 Å². The van der Waals surface area contributed by atoms with Gasteiger partial charge in [-0.25, -0.2) is 0 Å². The fourth-order valence-electron chi connectivity index (χ4n) is 1.23.